The monoisotopic (exact) mass is 428 g/mol. The van der Waals surface area contributed by atoms with Gasteiger partial charge in [-0.2, -0.15) is 10.4 Å². The molecule has 0 spiro atoms. The summed E-state index contributed by atoms with van der Waals surface area (Å²) in [7, 11) is 0. The van der Waals surface area contributed by atoms with Crippen molar-refractivity contribution in [1.82, 2.24) is 20.1 Å². The van der Waals surface area contributed by atoms with Crippen molar-refractivity contribution in [2.45, 2.75) is 38.1 Å². The lowest BCUT2D eigenvalue weighted by Crippen LogP contribution is -2.29. The zero-order chi connectivity index (χ0) is 21.8. The van der Waals surface area contributed by atoms with Gasteiger partial charge in [-0.15, -0.1) is 0 Å². The van der Waals surface area contributed by atoms with Crippen LogP contribution in [0.3, 0.4) is 0 Å². The van der Waals surface area contributed by atoms with Crippen LogP contribution in [0.15, 0.2) is 48.9 Å². The molecule has 1 aliphatic heterocycles. The van der Waals surface area contributed by atoms with Crippen molar-refractivity contribution < 1.29 is 4.74 Å². The van der Waals surface area contributed by atoms with Gasteiger partial charge in [0, 0.05) is 12.4 Å². The Morgan fingerprint density at radius 1 is 1.12 bits per heavy atom. The Morgan fingerprint density at radius 2 is 1.97 bits per heavy atom. The largest absolute Gasteiger partial charge is 0.492 e. The van der Waals surface area contributed by atoms with Crippen LogP contribution in [0.2, 0.25) is 0 Å². The highest BCUT2D eigenvalue weighted by Gasteiger charge is 2.19. The van der Waals surface area contributed by atoms with Crippen LogP contribution in [0.5, 0.6) is 5.75 Å². The van der Waals surface area contributed by atoms with Gasteiger partial charge in [0.1, 0.15) is 17.6 Å². The van der Waals surface area contributed by atoms with Crippen LogP contribution in [0.4, 0.5) is 11.5 Å². The molecule has 7 nitrogen and oxygen atoms in total. The summed E-state index contributed by atoms with van der Waals surface area (Å²) in [6.45, 7) is 2.76. The number of piperidine rings is 1. The maximum Gasteiger partial charge on any atom is 0.137 e. The zero-order valence-corrected chi connectivity index (χ0v) is 18.1. The number of hydrogen-bond acceptors (Lipinski definition) is 6. The second-order valence-corrected chi connectivity index (χ2v) is 8.68. The quantitative estimate of drug-likeness (QED) is 0.569. The molecule has 2 aromatic heterocycles. The SMILES string of the molecule is N#Cc1cc(-c2ccnc(Nc3cnn(C4CCNCC4)c3)c2)ccc1OCC1CCC1. The second kappa shape index (κ2) is 9.41. The van der Waals surface area contributed by atoms with Gasteiger partial charge in [0.2, 0.25) is 0 Å². The fourth-order valence-electron chi connectivity index (χ4n) is 4.29. The molecule has 0 amide bonds. The summed E-state index contributed by atoms with van der Waals surface area (Å²) in [6.07, 6.45) is 11.6. The minimum atomic E-state index is 0.445. The molecule has 2 fully saturated rings. The molecule has 3 aromatic rings. The van der Waals surface area contributed by atoms with Gasteiger partial charge in [0.25, 0.3) is 0 Å². The van der Waals surface area contributed by atoms with E-state index in [2.05, 4.69) is 31.5 Å². The summed E-state index contributed by atoms with van der Waals surface area (Å²) >= 11 is 0. The molecule has 0 bridgehead atoms. The minimum absolute atomic E-state index is 0.445. The van der Waals surface area contributed by atoms with Crippen LogP contribution >= 0.6 is 0 Å². The van der Waals surface area contributed by atoms with Gasteiger partial charge in [-0.3, -0.25) is 4.68 Å². The summed E-state index contributed by atoms with van der Waals surface area (Å²) < 4.78 is 7.97. The van der Waals surface area contributed by atoms with Crippen molar-refractivity contribution in [2.24, 2.45) is 5.92 Å². The Hall–Kier alpha value is -3.37. The fourth-order valence-corrected chi connectivity index (χ4v) is 4.29. The first-order valence-electron chi connectivity index (χ1n) is 11.4. The lowest BCUT2D eigenvalue weighted by Gasteiger charge is -2.25. The molecule has 0 atom stereocenters. The molecule has 1 saturated heterocycles. The standard InChI is InChI=1S/C25H28N6O/c26-14-21-12-19(4-5-24(21)32-17-18-2-1-3-18)20-6-11-28-25(13-20)30-22-15-29-31(16-22)23-7-9-27-10-8-23/h4-6,11-13,15-16,18,23,27H,1-3,7-10,17H2,(H,28,30). The van der Waals surface area contributed by atoms with E-state index < -0.39 is 0 Å². The molecule has 7 heteroatoms. The molecule has 164 valence electrons. The Labute approximate surface area is 188 Å². The van der Waals surface area contributed by atoms with Gasteiger partial charge in [-0.05, 0) is 80.1 Å². The van der Waals surface area contributed by atoms with E-state index in [4.69, 9.17) is 4.74 Å². The molecular weight excluding hydrogens is 400 g/mol. The van der Waals surface area contributed by atoms with E-state index >= 15 is 0 Å². The lowest BCUT2D eigenvalue weighted by molar-refractivity contribution is 0.180. The first-order chi connectivity index (χ1) is 15.8. The number of nitrogens with one attached hydrogen (secondary N) is 2. The molecular formula is C25H28N6O. The van der Waals surface area contributed by atoms with Gasteiger partial charge in [0.05, 0.1) is 30.1 Å². The van der Waals surface area contributed by atoms with Crippen molar-refractivity contribution in [3.8, 4) is 22.9 Å². The molecule has 32 heavy (non-hydrogen) atoms. The van der Waals surface area contributed by atoms with Crippen LogP contribution in [-0.4, -0.2) is 34.5 Å². The summed E-state index contributed by atoms with van der Waals surface area (Å²) in [5.41, 5.74) is 3.45. The summed E-state index contributed by atoms with van der Waals surface area (Å²) in [4.78, 5) is 4.46. The van der Waals surface area contributed by atoms with E-state index in [1.54, 1.807) is 6.20 Å². The summed E-state index contributed by atoms with van der Waals surface area (Å²) in [6, 6.07) is 12.5. The highest BCUT2D eigenvalue weighted by molar-refractivity contribution is 5.70. The molecule has 0 unspecified atom stereocenters. The van der Waals surface area contributed by atoms with Crippen LogP contribution in [0, 0.1) is 17.2 Å². The van der Waals surface area contributed by atoms with E-state index in [1.165, 1.54) is 19.3 Å². The van der Waals surface area contributed by atoms with Crippen LogP contribution in [0.1, 0.15) is 43.7 Å². The zero-order valence-electron chi connectivity index (χ0n) is 18.1. The highest BCUT2D eigenvalue weighted by Crippen LogP contribution is 2.31. The van der Waals surface area contributed by atoms with E-state index in [-0.39, 0.29) is 0 Å². The third-order valence-corrected chi connectivity index (χ3v) is 6.45. The molecule has 5 rings (SSSR count). The van der Waals surface area contributed by atoms with Crippen molar-refractivity contribution in [3.63, 3.8) is 0 Å². The maximum absolute atomic E-state index is 9.62. The van der Waals surface area contributed by atoms with Crippen LogP contribution in [-0.2, 0) is 0 Å². The van der Waals surface area contributed by atoms with Crippen molar-refractivity contribution >= 4 is 11.5 Å². The number of nitriles is 1. The average molecular weight is 429 g/mol. The Balaban J connectivity index is 1.29. The highest BCUT2D eigenvalue weighted by atomic mass is 16.5. The molecule has 3 heterocycles. The first-order valence-corrected chi connectivity index (χ1v) is 11.4. The van der Waals surface area contributed by atoms with Gasteiger partial charge < -0.3 is 15.4 Å². The van der Waals surface area contributed by atoms with Crippen LogP contribution in [0.25, 0.3) is 11.1 Å². The number of anilines is 2. The van der Waals surface area contributed by atoms with Crippen molar-refractivity contribution in [1.29, 1.82) is 5.26 Å². The smallest absolute Gasteiger partial charge is 0.137 e. The van der Waals surface area contributed by atoms with Crippen molar-refractivity contribution in [2.75, 3.05) is 25.0 Å². The van der Waals surface area contributed by atoms with Gasteiger partial charge in [0.15, 0.2) is 0 Å². The Kier molecular flexibility index (Phi) is 6.04. The van der Waals surface area contributed by atoms with Crippen molar-refractivity contribution in [3.05, 3.63) is 54.5 Å². The summed E-state index contributed by atoms with van der Waals surface area (Å²) in [5, 5.41) is 20.9. The Bertz CT molecular complexity index is 1110. The predicted octanol–water partition coefficient (Wildman–Crippen LogP) is 4.66. The second-order valence-electron chi connectivity index (χ2n) is 8.68. The number of benzene rings is 1. The average Bonchev–Trinajstić information content (AvgIpc) is 3.27. The van der Waals surface area contributed by atoms with E-state index in [9.17, 15) is 5.26 Å². The molecule has 2 aliphatic rings. The third kappa shape index (κ3) is 4.61. The third-order valence-electron chi connectivity index (χ3n) is 6.45. The summed E-state index contributed by atoms with van der Waals surface area (Å²) in [5.74, 6) is 2.05. The van der Waals surface area contributed by atoms with E-state index in [0.717, 1.165) is 48.6 Å². The normalized spacial score (nSPS) is 16.8. The molecule has 2 N–H and O–H groups in total. The van der Waals surface area contributed by atoms with Crippen LogP contribution < -0.4 is 15.4 Å². The molecule has 1 aliphatic carbocycles. The topological polar surface area (TPSA) is 87.8 Å². The number of nitrogens with zero attached hydrogens (tertiary/aromatic N) is 4. The lowest BCUT2D eigenvalue weighted by atomic mass is 9.86. The molecule has 1 aromatic carbocycles. The van der Waals surface area contributed by atoms with Gasteiger partial charge in [-0.25, -0.2) is 4.98 Å². The number of rotatable bonds is 7. The predicted molar refractivity (Wildman–Crippen MR) is 124 cm³/mol. The van der Waals surface area contributed by atoms with E-state index in [1.807, 2.05) is 42.7 Å². The number of ether oxygens (including phenoxy) is 1. The minimum Gasteiger partial charge on any atom is -0.492 e. The number of hydrogen-bond donors (Lipinski definition) is 2. The maximum atomic E-state index is 9.62. The number of pyridine rings is 1. The van der Waals surface area contributed by atoms with Gasteiger partial charge in [-0.1, -0.05) is 12.5 Å². The van der Waals surface area contributed by atoms with Gasteiger partial charge >= 0.3 is 0 Å². The molecule has 0 radical (unpaired) electrons. The first kappa shape index (κ1) is 20.5. The number of aromatic nitrogens is 3. The molecule has 1 saturated carbocycles. The van der Waals surface area contributed by atoms with E-state index in [0.29, 0.717) is 29.9 Å². The Morgan fingerprint density at radius 3 is 2.75 bits per heavy atom. The fraction of sp³-hybridized carbons (Fsp3) is 0.400.